The molecule has 0 spiro atoms. The molecule has 0 saturated heterocycles. The van der Waals surface area contributed by atoms with Crippen molar-refractivity contribution >= 4 is 0 Å². The van der Waals surface area contributed by atoms with Crippen LogP contribution in [0.25, 0.3) is 0 Å². The van der Waals surface area contributed by atoms with Crippen LogP contribution in [-0.4, -0.2) is 6.10 Å². The first-order valence-corrected chi connectivity index (χ1v) is 6.08. The molecule has 0 radical (unpaired) electrons. The Morgan fingerprint density at radius 1 is 1.07 bits per heavy atom. The molecule has 0 N–H and O–H groups in total. The Morgan fingerprint density at radius 3 is 2.27 bits per heavy atom. The summed E-state index contributed by atoms with van der Waals surface area (Å²) in [7, 11) is 0. The maximum absolute atomic E-state index is 5.89. The minimum atomic E-state index is 0.447. The lowest BCUT2D eigenvalue weighted by atomic mass is 10.1. The van der Waals surface area contributed by atoms with Crippen LogP contribution in [0.5, 0.6) is 5.75 Å². The van der Waals surface area contributed by atoms with Gasteiger partial charge in [0.1, 0.15) is 11.9 Å². The predicted molar refractivity (Wildman–Crippen MR) is 65.2 cm³/mol. The highest BCUT2D eigenvalue weighted by atomic mass is 16.5. The summed E-state index contributed by atoms with van der Waals surface area (Å²) in [5.74, 6) is 1.74. The number of benzene rings is 1. The first-order valence-electron chi connectivity index (χ1n) is 6.08. The lowest BCUT2D eigenvalue weighted by Crippen LogP contribution is -2.18. The summed E-state index contributed by atoms with van der Waals surface area (Å²) in [6, 6.07) is 10.1. The van der Waals surface area contributed by atoms with Crippen molar-refractivity contribution in [2.45, 2.75) is 46.1 Å². The van der Waals surface area contributed by atoms with Crippen molar-refractivity contribution < 1.29 is 4.74 Å². The third kappa shape index (κ3) is 3.58. The van der Waals surface area contributed by atoms with E-state index in [9.17, 15) is 0 Å². The monoisotopic (exact) mass is 206 g/mol. The highest BCUT2D eigenvalue weighted by molar-refractivity contribution is 5.21. The van der Waals surface area contributed by atoms with Gasteiger partial charge in [-0.3, -0.25) is 0 Å². The maximum atomic E-state index is 5.89. The van der Waals surface area contributed by atoms with Gasteiger partial charge in [-0.25, -0.2) is 0 Å². The second kappa shape index (κ2) is 6.49. The second-order valence-electron chi connectivity index (χ2n) is 3.88. The number of rotatable bonds is 2. The molecule has 1 fully saturated rings. The summed E-state index contributed by atoms with van der Waals surface area (Å²) in [5.41, 5.74) is 0. The lowest BCUT2D eigenvalue weighted by molar-refractivity contribution is 0.167. The second-order valence-corrected chi connectivity index (χ2v) is 3.88. The molecular formula is C14H22O. The lowest BCUT2D eigenvalue weighted by Gasteiger charge is -2.17. The SMILES string of the molecule is CC.CC1CCCC1Oc1ccccc1. The fourth-order valence-electron chi connectivity index (χ4n) is 1.96. The summed E-state index contributed by atoms with van der Waals surface area (Å²) in [4.78, 5) is 0. The van der Waals surface area contributed by atoms with E-state index >= 15 is 0 Å². The topological polar surface area (TPSA) is 9.23 Å². The smallest absolute Gasteiger partial charge is 0.119 e. The normalized spacial score (nSPS) is 24.2. The molecule has 0 amide bonds. The number of hydrogen-bond acceptors (Lipinski definition) is 1. The Balaban J connectivity index is 0.000000531. The zero-order chi connectivity index (χ0) is 11.1. The van der Waals surface area contributed by atoms with E-state index in [4.69, 9.17) is 4.74 Å². The first kappa shape index (κ1) is 12.1. The van der Waals surface area contributed by atoms with E-state index in [1.807, 2.05) is 44.2 Å². The van der Waals surface area contributed by atoms with E-state index in [1.54, 1.807) is 0 Å². The van der Waals surface area contributed by atoms with Crippen LogP contribution < -0.4 is 4.74 Å². The summed E-state index contributed by atoms with van der Waals surface area (Å²) >= 11 is 0. The van der Waals surface area contributed by atoms with Crippen LogP contribution >= 0.6 is 0 Å². The van der Waals surface area contributed by atoms with Crippen LogP contribution in [-0.2, 0) is 0 Å². The highest BCUT2D eigenvalue weighted by Gasteiger charge is 2.24. The Kier molecular flexibility index (Phi) is 5.23. The average molecular weight is 206 g/mol. The Bertz CT molecular complexity index is 255. The molecule has 2 unspecified atom stereocenters. The van der Waals surface area contributed by atoms with Gasteiger partial charge in [0, 0.05) is 0 Å². The van der Waals surface area contributed by atoms with Crippen LogP contribution in [0.1, 0.15) is 40.0 Å². The van der Waals surface area contributed by atoms with Crippen molar-refractivity contribution in [2.75, 3.05) is 0 Å². The van der Waals surface area contributed by atoms with Crippen LogP contribution in [0, 0.1) is 5.92 Å². The summed E-state index contributed by atoms with van der Waals surface area (Å²) < 4.78 is 5.89. The molecule has 0 aromatic heterocycles. The zero-order valence-electron chi connectivity index (χ0n) is 10.1. The molecule has 1 nitrogen and oxygen atoms in total. The zero-order valence-corrected chi connectivity index (χ0v) is 10.1. The summed E-state index contributed by atoms with van der Waals surface area (Å²) in [6.45, 7) is 6.28. The third-order valence-electron chi connectivity index (χ3n) is 2.81. The van der Waals surface area contributed by atoms with Gasteiger partial charge in [0.05, 0.1) is 0 Å². The Morgan fingerprint density at radius 2 is 1.73 bits per heavy atom. The summed E-state index contributed by atoms with van der Waals surface area (Å²) in [5, 5.41) is 0. The van der Waals surface area contributed by atoms with E-state index in [1.165, 1.54) is 19.3 Å². The minimum Gasteiger partial charge on any atom is -0.490 e. The molecule has 84 valence electrons. The van der Waals surface area contributed by atoms with E-state index < -0.39 is 0 Å². The fraction of sp³-hybridized carbons (Fsp3) is 0.571. The van der Waals surface area contributed by atoms with Gasteiger partial charge in [-0.1, -0.05) is 39.0 Å². The van der Waals surface area contributed by atoms with E-state index in [0.29, 0.717) is 6.10 Å². The van der Waals surface area contributed by atoms with Gasteiger partial charge in [-0.15, -0.1) is 0 Å². The average Bonchev–Trinajstić information content (AvgIpc) is 2.69. The van der Waals surface area contributed by atoms with E-state index in [0.717, 1.165) is 11.7 Å². The maximum Gasteiger partial charge on any atom is 0.119 e. The first-order chi connectivity index (χ1) is 7.36. The molecule has 1 heteroatoms. The molecule has 15 heavy (non-hydrogen) atoms. The van der Waals surface area contributed by atoms with Crippen LogP contribution in [0.15, 0.2) is 30.3 Å². The minimum absolute atomic E-state index is 0.447. The number of hydrogen-bond donors (Lipinski definition) is 0. The molecule has 1 saturated carbocycles. The van der Waals surface area contributed by atoms with Crippen molar-refractivity contribution in [3.63, 3.8) is 0 Å². The van der Waals surface area contributed by atoms with Gasteiger partial charge >= 0.3 is 0 Å². The highest BCUT2D eigenvalue weighted by Crippen LogP contribution is 2.28. The molecule has 2 atom stereocenters. The molecule has 0 bridgehead atoms. The molecule has 1 aliphatic rings. The van der Waals surface area contributed by atoms with Crippen molar-refractivity contribution in [1.82, 2.24) is 0 Å². The van der Waals surface area contributed by atoms with E-state index in [-0.39, 0.29) is 0 Å². The molecule has 1 aromatic rings. The van der Waals surface area contributed by atoms with Crippen molar-refractivity contribution in [3.05, 3.63) is 30.3 Å². The molecule has 0 heterocycles. The largest absolute Gasteiger partial charge is 0.490 e. The van der Waals surface area contributed by atoms with Crippen LogP contribution in [0.2, 0.25) is 0 Å². The van der Waals surface area contributed by atoms with Crippen molar-refractivity contribution in [2.24, 2.45) is 5.92 Å². The van der Waals surface area contributed by atoms with Gasteiger partial charge in [0.2, 0.25) is 0 Å². The Labute approximate surface area is 93.5 Å². The standard InChI is InChI=1S/C12H16O.C2H6/c1-10-6-5-9-12(10)13-11-7-3-2-4-8-11;1-2/h2-4,7-8,10,12H,5-6,9H2,1H3;1-2H3. The molecule has 0 aliphatic heterocycles. The third-order valence-corrected chi connectivity index (χ3v) is 2.81. The van der Waals surface area contributed by atoms with Crippen LogP contribution in [0.3, 0.4) is 0 Å². The quantitative estimate of drug-likeness (QED) is 0.701. The van der Waals surface area contributed by atoms with Gasteiger partial charge in [0.15, 0.2) is 0 Å². The van der Waals surface area contributed by atoms with Gasteiger partial charge < -0.3 is 4.74 Å². The number of ether oxygens (including phenoxy) is 1. The predicted octanol–water partition coefficient (Wildman–Crippen LogP) is 4.28. The van der Waals surface area contributed by atoms with Crippen molar-refractivity contribution in [1.29, 1.82) is 0 Å². The van der Waals surface area contributed by atoms with Gasteiger partial charge in [-0.2, -0.15) is 0 Å². The molecule has 2 rings (SSSR count). The number of para-hydroxylation sites is 1. The van der Waals surface area contributed by atoms with Crippen molar-refractivity contribution in [3.8, 4) is 5.75 Å². The fourth-order valence-corrected chi connectivity index (χ4v) is 1.96. The van der Waals surface area contributed by atoms with Gasteiger partial charge in [-0.05, 0) is 37.3 Å². The molecular weight excluding hydrogens is 184 g/mol. The van der Waals surface area contributed by atoms with E-state index in [2.05, 4.69) is 6.92 Å². The van der Waals surface area contributed by atoms with Gasteiger partial charge in [0.25, 0.3) is 0 Å². The summed E-state index contributed by atoms with van der Waals surface area (Å²) in [6.07, 6.45) is 4.30. The molecule has 1 aliphatic carbocycles. The Hall–Kier alpha value is -0.980. The van der Waals surface area contributed by atoms with Crippen LogP contribution in [0.4, 0.5) is 0 Å². The molecule has 1 aromatic carbocycles.